The summed E-state index contributed by atoms with van der Waals surface area (Å²) in [5.74, 6) is 0.651. The first-order chi connectivity index (χ1) is 11.7. The van der Waals surface area contributed by atoms with E-state index in [-0.39, 0.29) is 11.8 Å². The van der Waals surface area contributed by atoms with Crippen LogP contribution < -0.4 is 10.6 Å². The number of nitrogens with zero attached hydrogens (tertiary/aromatic N) is 5. The number of nitrogens with two attached hydrogens (primary N) is 1. The van der Waals surface area contributed by atoms with Crippen molar-refractivity contribution in [2.75, 3.05) is 23.7 Å². The van der Waals surface area contributed by atoms with Gasteiger partial charge in [-0.1, -0.05) is 0 Å². The highest BCUT2D eigenvalue weighted by atomic mass is 19.1. The minimum atomic E-state index is -0.280. The Hall–Kier alpha value is -2.83. The van der Waals surface area contributed by atoms with E-state index in [1.165, 1.54) is 18.6 Å². The molecule has 0 amide bonds. The van der Waals surface area contributed by atoms with Crippen LogP contribution in [0.2, 0.25) is 0 Å². The van der Waals surface area contributed by atoms with Gasteiger partial charge in [0.1, 0.15) is 5.82 Å². The first kappa shape index (κ1) is 14.7. The molecule has 0 radical (unpaired) electrons. The number of fused-ring (bicyclic) bond motifs is 1. The summed E-state index contributed by atoms with van der Waals surface area (Å²) in [4.78, 5) is 19.8. The van der Waals surface area contributed by atoms with Gasteiger partial charge in [0.25, 0.3) is 0 Å². The van der Waals surface area contributed by atoms with Crippen molar-refractivity contribution >= 4 is 22.9 Å². The Morgan fingerprint density at radius 3 is 2.46 bits per heavy atom. The lowest BCUT2D eigenvalue weighted by Gasteiger charge is -2.28. The van der Waals surface area contributed by atoms with E-state index in [2.05, 4.69) is 24.8 Å². The maximum Gasteiger partial charge on any atom is 0.224 e. The predicted molar refractivity (Wildman–Crippen MR) is 91.0 cm³/mol. The molecule has 4 rings (SSSR count). The first-order valence-electron chi connectivity index (χ1n) is 8.02. The van der Waals surface area contributed by atoms with Gasteiger partial charge in [0, 0.05) is 18.7 Å². The molecule has 1 saturated heterocycles. The summed E-state index contributed by atoms with van der Waals surface area (Å²) in [7, 11) is 0. The first-order valence-corrected chi connectivity index (χ1v) is 8.02. The van der Waals surface area contributed by atoms with Crippen molar-refractivity contribution < 1.29 is 4.39 Å². The summed E-state index contributed by atoms with van der Waals surface area (Å²) >= 11 is 0. The SMILES string of the molecule is Nc1nc(N2CCCCC2)c2nc(-c3ccc(F)cc3)cnc2n1. The Kier molecular flexibility index (Phi) is 3.68. The topological polar surface area (TPSA) is 80.8 Å². The van der Waals surface area contributed by atoms with E-state index in [9.17, 15) is 4.39 Å². The average Bonchev–Trinajstić information content (AvgIpc) is 2.62. The zero-order chi connectivity index (χ0) is 16.5. The Morgan fingerprint density at radius 1 is 0.958 bits per heavy atom. The van der Waals surface area contributed by atoms with Gasteiger partial charge < -0.3 is 10.6 Å². The van der Waals surface area contributed by atoms with Crippen LogP contribution in [0.3, 0.4) is 0 Å². The fourth-order valence-electron chi connectivity index (χ4n) is 3.00. The summed E-state index contributed by atoms with van der Waals surface area (Å²) in [5, 5.41) is 0. The third kappa shape index (κ3) is 2.73. The second kappa shape index (κ2) is 5.99. The molecule has 0 aliphatic carbocycles. The molecule has 1 aliphatic heterocycles. The van der Waals surface area contributed by atoms with Crippen molar-refractivity contribution in [3.05, 3.63) is 36.3 Å². The smallest absolute Gasteiger partial charge is 0.224 e. The Labute approximate surface area is 138 Å². The van der Waals surface area contributed by atoms with Crippen LogP contribution in [0, 0.1) is 5.82 Å². The lowest BCUT2D eigenvalue weighted by Crippen LogP contribution is -2.30. The molecule has 0 unspecified atom stereocenters. The molecule has 122 valence electrons. The minimum absolute atomic E-state index is 0.201. The summed E-state index contributed by atoms with van der Waals surface area (Å²) in [6.45, 7) is 1.85. The summed E-state index contributed by atoms with van der Waals surface area (Å²) < 4.78 is 13.1. The van der Waals surface area contributed by atoms with E-state index in [4.69, 9.17) is 5.73 Å². The van der Waals surface area contributed by atoms with Crippen molar-refractivity contribution in [2.24, 2.45) is 0 Å². The molecule has 1 aromatic carbocycles. The third-order valence-corrected chi connectivity index (χ3v) is 4.20. The van der Waals surface area contributed by atoms with Crippen LogP contribution >= 0.6 is 0 Å². The second-order valence-corrected chi connectivity index (χ2v) is 5.89. The number of anilines is 2. The fraction of sp³-hybridized carbons (Fsp3) is 0.294. The van der Waals surface area contributed by atoms with Gasteiger partial charge >= 0.3 is 0 Å². The van der Waals surface area contributed by atoms with Gasteiger partial charge in [-0.3, -0.25) is 0 Å². The zero-order valence-electron chi connectivity index (χ0n) is 13.1. The molecule has 0 atom stereocenters. The van der Waals surface area contributed by atoms with Crippen LogP contribution in [0.25, 0.3) is 22.4 Å². The van der Waals surface area contributed by atoms with Gasteiger partial charge in [-0.25, -0.2) is 14.4 Å². The van der Waals surface area contributed by atoms with Crippen molar-refractivity contribution in [2.45, 2.75) is 19.3 Å². The molecule has 0 saturated carbocycles. The average molecular weight is 324 g/mol. The van der Waals surface area contributed by atoms with E-state index < -0.39 is 0 Å². The maximum atomic E-state index is 13.1. The lowest BCUT2D eigenvalue weighted by atomic mass is 10.1. The molecule has 1 aliphatic rings. The number of nitrogen functional groups attached to an aromatic ring is 1. The molecular weight excluding hydrogens is 307 g/mol. The van der Waals surface area contributed by atoms with Crippen molar-refractivity contribution in [1.29, 1.82) is 0 Å². The van der Waals surface area contributed by atoms with Gasteiger partial charge in [-0.2, -0.15) is 9.97 Å². The van der Waals surface area contributed by atoms with Crippen LogP contribution in [0.4, 0.5) is 16.2 Å². The highest BCUT2D eigenvalue weighted by molar-refractivity contribution is 5.85. The van der Waals surface area contributed by atoms with E-state index in [1.54, 1.807) is 18.3 Å². The molecule has 3 heterocycles. The summed E-state index contributed by atoms with van der Waals surface area (Å²) in [6.07, 6.45) is 5.09. The number of piperidine rings is 1. The van der Waals surface area contributed by atoms with Gasteiger partial charge in [0.15, 0.2) is 17.0 Å². The standard InChI is InChI=1S/C17H17FN6/c18-12-6-4-11(5-7-12)13-10-20-15-14(21-13)16(23-17(19)22-15)24-8-2-1-3-9-24/h4-7,10H,1-3,8-9H2,(H2,19,20,22,23). The molecule has 24 heavy (non-hydrogen) atoms. The van der Waals surface area contributed by atoms with Gasteiger partial charge in [-0.15, -0.1) is 0 Å². The van der Waals surface area contributed by atoms with Crippen LogP contribution in [-0.4, -0.2) is 33.0 Å². The lowest BCUT2D eigenvalue weighted by molar-refractivity contribution is 0.574. The van der Waals surface area contributed by atoms with E-state index in [0.717, 1.165) is 37.3 Å². The number of halogens is 1. The summed E-state index contributed by atoms with van der Waals surface area (Å²) in [5.41, 5.74) is 8.41. The number of hydrogen-bond donors (Lipinski definition) is 1. The number of aromatic nitrogens is 4. The number of rotatable bonds is 2. The zero-order valence-corrected chi connectivity index (χ0v) is 13.1. The number of hydrogen-bond acceptors (Lipinski definition) is 6. The van der Waals surface area contributed by atoms with Gasteiger partial charge in [0.05, 0.1) is 11.9 Å². The quantitative estimate of drug-likeness (QED) is 0.780. The van der Waals surface area contributed by atoms with Crippen LogP contribution in [0.5, 0.6) is 0 Å². The fourth-order valence-corrected chi connectivity index (χ4v) is 3.00. The molecule has 3 aromatic rings. The van der Waals surface area contributed by atoms with Crippen molar-refractivity contribution in [3.8, 4) is 11.3 Å². The molecule has 7 heteroatoms. The number of benzene rings is 1. The monoisotopic (exact) mass is 324 g/mol. The maximum absolute atomic E-state index is 13.1. The van der Waals surface area contributed by atoms with Crippen LogP contribution in [-0.2, 0) is 0 Å². The van der Waals surface area contributed by atoms with Crippen molar-refractivity contribution in [3.63, 3.8) is 0 Å². The summed E-state index contributed by atoms with van der Waals surface area (Å²) in [6, 6.07) is 6.19. The molecule has 2 N–H and O–H groups in total. The molecule has 1 fully saturated rings. The highest BCUT2D eigenvalue weighted by Crippen LogP contribution is 2.27. The molecule has 0 spiro atoms. The Morgan fingerprint density at radius 2 is 1.71 bits per heavy atom. The Balaban J connectivity index is 1.85. The largest absolute Gasteiger partial charge is 0.368 e. The van der Waals surface area contributed by atoms with Crippen LogP contribution in [0.15, 0.2) is 30.5 Å². The van der Waals surface area contributed by atoms with Crippen LogP contribution in [0.1, 0.15) is 19.3 Å². The molecular formula is C17H17FN6. The van der Waals surface area contributed by atoms with Crippen molar-refractivity contribution in [1.82, 2.24) is 19.9 Å². The van der Waals surface area contributed by atoms with Gasteiger partial charge in [-0.05, 0) is 43.5 Å². The predicted octanol–water partition coefficient (Wildman–Crippen LogP) is 2.80. The van der Waals surface area contributed by atoms with Gasteiger partial charge in [0.2, 0.25) is 5.95 Å². The second-order valence-electron chi connectivity index (χ2n) is 5.89. The Bertz CT molecular complexity index is 874. The molecule has 6 nitrogen and oxygen atoms in total. The molecule has 2 aromatic heterocycles. The third-order valence-electron chi connectivity index (χ3n) is 4.20. The molecule has 0 bridgehead atoms. The van der Waals surface area contributed by atoms with E-state index in [1.807, 2.05) is 0 Å². The normalized spacial score (nSPS) is 15.0. The minimum Gasteiger partial charge on any atom is -0.368 e. The highest BCUT2D eigenvalue weighted by Gasteiger charge is 2.18. The van der Waals surface area contributed by atoms with E-state index >= 15 is 0 Å². The van der Waals surface area contributed by atoms with E-state index in [0.29, 0.717) is 16.9 Å².